The van der Waals surface area contributed by atoms with Crippen LogP contribution in [0.25, 0.3) is 0 Å². The van der Waals surface area contributed by atoms with Crippen LogP contribution in [-0.4, -0.2) is 55.5 Å². The van der Waals surface area contributed by atoms with Crippen molar-refractivity contribution in [1.29, 1.82) is 0 Å². The topological polar surface area (TPSA) is 58.4 Å². The van der Waals surface area contributed by atoms with Gasteiger partial charge in [-0.05, 0) is 39.4 Å². The van der Waals surface area contributed by atoms with E-state index < -0.39 is 0 Å². The molecule has 0 aliphatic heterocycles. The highest BCUT2D eigenvalue weighted by molar-refractivity contribution is 7.98. The van der Waals surface area contributed by atoms with E-state index in [2.05, 4.69) is 5.32 Å². The Hall–Kier alpha value is -0.260. The molecule has 0 radical (unpaired) electrons. The Morgan fingerprint density at radius 2 is 2.13 bits per heavy atom. The maximum atomic E-state index is 11.6. The number of amides is 1. The maximum absolute atomic E-state index is 11.6. The molecule has 1 amide bonds. The van der Waals surface area contributed by atoms with Gasteiger partial charge in [-0.25, -0.2) is 0 Å². The first kappa shape index (κ1) is 14.7. The Kier molecular flexibility index (Phi) is 7.82. The molecule has 1 unspecified atom stereocenters. The number of hydrogen-bond donors (Lipinski definition) is 2. The molecule has 15 heavy (non-hydrogen) atoms. The van der Waals surface area contributed by atoms with Crippen molar-refractivity contribution in [3.05, 3.63) is 0 Å². The molecular weight excluding hydrogens is 210 g/mol. The molecule has 3 N–H and O–H groups in total. The van der Waals surface area contributed by atoms with Gasteiger partial charge in [0.2, 0.25) is 5.91 Å². The zero-order chi connectivity index (χ0) is 11.8. The van der Waals surface area contributed by atoms with E-state index in [9.17, 15) is 4.79 Å². The van der Waals surface area contributed by atoms with Crippen molar-refractivity contribution in [2.45, 2.75) is 25.4 Å². The summed E-state index contributed by atoms with van der Waals surface area (Å²) in [6.45, 7) is 2.82. The fraction of sp³-hybridized carbons (Fsp3) is 0.900. The van der Waals surface area contributed by atoms with E-state index in [1.54, 1.807) is 11.8 Å². The molecule has 0 saturated heterocycles. The first-order valence-corrected chi connectivity index (χ1v) is 6.56. The quantitative estimate of drug-likeness (QED) is 0.656. The van der Waals surface area contributed by atoms with Crippen LogP contribution in [-0.2, 0) is 4.79 Å². The maximum Gasteiger partial charge on any atom is 0.237 e. The summed E-state index contributed by atoms with van der Waals surface area (Å²) in [7, 11) is 3.96. The van der Waals surface area contributed by atoms with Crippen molar-refractivity contribution >= 4 is 17.7 Å². The number of rotatable bonds is 7. The molecule has 0 rings (SSSR count). The van der Waals surface area contributed by atoms with Gasteiger partial charge in [-0.3, -0.25) is 4.79 Å². The summed E-state index contributed by atoms with van der Waals surface area (Å²) in [4.78, 5) is 13.6. The number of carbonyl (C=O) groups is 1. The van der Waals surface area contributed by atoms with Crippen molar-refractivity contribution in [3.63, 3.8) is 0 Å². The van der Waals surface area contributed by atoms with Crippen LogP contribution in [0.4, 0.5) is 0 Å². The SMILES string of the molecule is CSCC[C@@H](N)C(=O)NC(C)CN(C)C. The van der Waals surface area contributed by atoms with Gasteiger partial charge in [0.05, 0.1) is 6.04 Å². The summed E-state index contributed by atoms with van der Waals surface area (Å²) in [6.07, 6.45) is 2.75. The molecule has 0 aromatic rings. The second-order valence-corrected chi connectivity index (χ2v) is 5.05. The lowest BCUT2D eigenvalue weighted by atomic mass is 10.2. The van der Waals surface area contributed by atoms with Gasteiger partial charge in [-0.2, -0.15) is 11.8 Å². The lowest BCUT2D eigenvalue weighted by molar-refractivity contribution is -0.123. The second-order valence-electron chi connectivity index (χ2n) is 4.06. The van der Waals surface area contributed by atoms with Crippen LogP contribution in [0.1, 0.15) is 13.3 Å². The van der Waals surface area contributed by atoms with Gasteiger partial charge in [0.15, 0.2) is 0 Å². The van der Waals surface area contributed by atoms with Gasteiger partial charge in [0, 0.05) is 12.6 Å². The summed E-state index contributed by atoms with van der Waals surface area (Å²) >= 11 is 1.71. The van der Waals surface area contributed by atoms with E-state index in [4.69, 9.17) is 5.73 Å². The van der Waals surface area contributed by atoms with Gasteiger partial charge in [0.1, 0.15) is 0 Å². The van der Waals surface area contributed by atoms with Gasteiger partial charge in [0.25, 0.3) is 0 Å². The van der Waals surface area contributed by atoms with Crippen LogP contribution >= 0.6 is 11.8 Å². The van der Waals surface area contributed by atoms with E-state index in [1.165, 1.54) is 0 Å². The average Bonchev–Trinajstić information content (AvgIpc) is 2.12. The van der Waals surface area contributed by atoms with Crippen molar-refractivity contribution in [2.24, 2.45) is 5.73 Å². The van der Waals surface area contributed by atoms with Gasteiger partial charge >= 0.3 is 0 Å². The average molecular weight is 233 g/mol. The minimum absolute atomic E-state index is 0.0431. The molecule has 0 aliphatic rings. The normalized spacial score (nSPS) is 15.1. The lowest BCUT2D eigenvalue weighted by Gasteiger charge is -2.20. The lowest BCUT2D eigenvalue weighted by Crippen LogP contribution is -2.47. The number of nitrogens with one attached hydrogen (secondary N) is 1. The first-order chi connectivity index (χ1) is 6.97. The van der Waals surface area contributed by atoms with E-state index >= 15 is 0 Å². The Labute approximate surface area is 97.0 Å². The van der Waals surface area contributed by atoms with Crippen molar-refractivity contribution < 1.29 is 4.79 Å². The van der Waals surface area contributed by atoms with Crippen LogP contribution in [0.2, 0.25) is 0 Å². The third kappa shape index (κ3) is 7.64. The van der Waals surface area contributed by atoms with Gasteiger partial charge in [-0.1, -0.05) is 0 Å². The zero-order valence-electron chi connectivity index (χ0n) is 10.1. The van der Waals surface area contributed by atoms with Crippen molar-refractivity contribution in [1.82, 2.24) is 10.2 Å². The van der Waals surface area contributed by atoms with Crippen molar-refractivity contribution in [2.75, 3.05) is 32.6 Å². The van der Waals surface area contributed by atoms with Crippen LogP contribution in [0.3, 0.4) is 0 Å². The minimum Gasteiger partial charge on any atom is -0.351 e. The number of hydrogen-bond acceptors (Lipinski definition) is 4. The van der Waals surface area contributed by atoms with E-state index in [0.29, 0.717) is 0 Å². The molecule has 0 aliphatic carbocycles. The fourth-order valence-corrected chi connectivity index (χ4v) is 1.81. The van der Waals surface area contributed by atoms with Crippen molar-refractivity contribution in [3.8, 4) is 0 Å². The van der Waals surface area contributed by atoms with E-state index in [0.717, 1.165) is 18.7 Å². The van der Waals surface area contributed by atoms with E-state index in [1.807, 2.05) is 32.2 Å². The molecule has 4 nitrogen and oxygen atoms in total. The summed E-state index contributed by atoms with van der Waals surface area (Å²) < 4.78 is 0. The number of nitrogens with two attached hydrogens (primary N) is 1. The number of nitrogens with zero attached hydrogens (tertiary/aromatic N) is 1. The molecule has 0 fully saturated rings. The zero-order valence-corrected chi connectivity index (χ0v) is 10.9. The van der Waals surface area contributed by atoms with Crippen LogP contribution in [0, 0.1) is 0 Å². The summed E-state index contributed by atoms with van der Waals surface area (Å²) in [6, 6.07) is -0.227. The molecule has 90 valence electrons. The molecule has 0 heterocycles. The van der Waals surface area contributed by atoms with Crippen LogP contribution in [0.5, 0.6) is 0 Å². The van der Waals surface area contributed by atoms with Gasteiger partial charge in [-0.15, -0.1) is 0 Å². The Balaban J connectivity index is 3.80. The third-order valence-corrected chi connectivity index (χ3v) is 2.64. The predicted molar refractivity (Wildman–Crippen MR) is 67.1 cm³/mol. The Bertz CT molecular complexity index is 188. The molecule has 0 bridgehead atoms. The Morgan fingerprint density at radius 3 is 2.60 bits per heavy atom. The summed E-state index contributed by atoms with van der Waals surface area (Å²) in [5, 5.41) is 2.91. The fourth-order valence-electron chi connectivity index (χ4n) is 1.32. The monoisotopic (exact) mass is 233 g/mol. The number of likely N-dealkylation sites (N-methyl/N-ethyl adjacent to an activating group) is 1. The highest BCUT2D eigenvalue weighted by Crippen LogP contribution is 1.99. The van der Waals surface area contributed by atoms with Crippen LogP contribution < -0.4 is 11.1 Å². The molecule has 0 saturated carbocycles. The second kappa shape index (κ2) is 7.96. The molecule has 5 heteroatoms. The smallest absolute Gasteiger partial charge is 0.237 e. The number of carbonyl (C=O) groups excluding carboxylic acids is 1. The highest BCUT2D eigenvalue weighted by atomic mass is 32.2. The minimum atomic E-state index is -0.373. The molecule has 0 aromatic heterocycles. The van der Waals surface area contributed by atoms with E-state index in [-0.39, 0.29) is 18.0 Å². The standard InChI is InChI=1S/C10H23N3OS/c1-8(7-13(2)3)12-10(14)9(11)5-6-15-4/h8-9H,5-7,11H2,1-4H3,(H,12,14)/t8?,9-/m1/s1. The molecule has 2 atom stereocenters. The molecular formula is C10H23N3OS. The molecule has 0 spiro atoms. The summed E-state index contributed by atoms with van der Waals surface area (Å²) in [5.74, 6) is 0.884. The largest absolute Gasteiger partial charge is 0.351 e. The van der Waals surface area contributed by atoms with Gasteiger partial charge < -0.3 is 16.0 Å². The third-order valence-electron chi connectivity index (χ3n) is 2.00. The predicted octanol–water partition coefficient (Wildman–Crippen LogP) is 0.133. The first-order valence-electron chi connectivity index (χ1n) is 5.17. The summed E-state index contributed by atoms with van der Waals surface area (Å²) in [5.41, 5.74) is 5.74. The molecule has 0 aromatic carbocycles. The Morgan fingerprint density at radius 1 is 1.53 bits per heavy atom. The number of thioether (sulfide) groups is 1. The van der Waals surface area contributed by atoms with Crippen LogP contribution in [0.15, 0.2) is 0 Å². The highest BCUT2D eigenvalue weighted by Gasteiger charge is 2.15.